The first-order valence-corrected chi connectivity index (χ1v) is 12.8. The number of primary amides is 1. The zero-order valence-corrected chi connectivity index (χ0v) is 22.0. The van der Waals surface area contributed by atoms with Crippen molar-refractivity contribution in [3.8, 4) is 11.5 Å². The summed E-state index contributed by atoms with van der Waals surface area (Å²) in [6, 6.07) is 25.3. The molecule has 0 aliphatic carbocycles. The Morgan fingerprint density at radius 3 is 2.17 bits per heavy atom. The Bertz CT molecular complexity index is 1130. The van der Waals surface area contributed by atoms with Gasteiger partial charge in [-0.3, -0.25) is 9.69 Å². The first-order valence-electron chi connectivity index (χ1n) is 12.4. The van der Waals surface area contributed by atoms with E-state index in [-0.39, 0.29) is 17.6 Å². The molecular weight excluding hydrogens is 472 g/mol. The number of benzene rings is 3. The Balaban J connectivity index is 1.51. The molecule has 0 aromatic heterocycles. The predicted molar refractivity (Wildman–Crippen MR) is 145 cm³/mol. The van der Waals surface area contributed by atoms with Gasteiger partial charge in [0.1, 0.15) is 17.6 Å². The zero-order chi connectivity index (χ0) is 25.8. The molecule has 0 bridgehead atoms. The van der Waals surface area contributed by atoms with Gasteiger partial charge in [0, 0.05) is 24.7 Å². The number of amides is 1. The van der Waals surface area contributed by atoms with E-state index in [0.29, 0.717) is 17.2 Å². The minimum Gasteiger partial charge on any atom is -0.495 e. The SMILES string of the molecule is COc1cc(O[C@@H]2CCN(C(C)(C)CCC(C(N)=O)(c3ccccc3)c3ccccc3)C2)ccc1Cl. The maximum absolute atomic E-state index is 13.2. The quantitative estimate of drug-likeness (QED) is 0.375. The fourth-order valence-corrected chi connectivity index (χ4v) is 5.43. The largest absolute Gasteiger partial charge is 0.495 e. The number of carbonyl (C=O) groups is 1. The fraction of sp³-hybridized carbons (Fsp3) is 0.367. The molecule has 0 saturated carbocycles. The Morgan fingerprint density at radius 2 is 1.61 bits per heavy atom. The highest BCUT2D eigenvalue weighted by molar-refractivity contribution is 6.32. The summed E-state index contributed by atoms with van der Waals surface area (Å²) in [4.78, 5) is 15.6. The van der Waals surface area contributed by atoms with E-state index >= 15 is 0 Å². The number of halogens is 1. The summed E-state index contributed by atoms with van der Waals surface area (Å²) in [7, 11) is 1.60. The van der Waals surface area contributed by atoms with Gasteiger partial charge in [-0.2, -0.15) is 0 Å². The molecule has 1 fully saturated rings. The lowest BCUT2D eigenvalue weighted by atomic mass is 9.69. The molecule has 2 N–H and O–H groups in total. The van der Waals surface area contributed by atoms with Crippen molar-refractivity contribution in [3.05, 3.63) is 95.0 Å². The number of hydrogen-bond acceptors (Lipinski definition) is 4. The fourth-order valence-electron chi connectivity index (χ4n) is 5.24. The van der Waals surface area contributed by atoms with Crippen molar-refractivity contribution in [1.82, 2.24) is 4.90 Å². The molecular formula is C30H35ClN2O3. The van der Waals surface area contributed by atoms with Crippen LogP contribution >= 0.6 is 11.6 Å². The number of nitrogens with zero attached hydrogens (tertiary/aromatic N) is 1. The van der Waals surface area contributed by atoms with Crippen molar-refractivity contribution in [2.24, 2.45) is 5.73 Å². The van der Waals surface area contributed by atoms with Gasteiger partial charge < -0.3 is 15.2 Å². The molecule has 0 radical (unpaired) electrons. The highest BCUT2D eigenvalue weighted by Crippen LogP contribution is 2.40. The summed E-state index contributed by atoms with van der Waals surface area (Å²) < 4.78 is 11.6. The van der Waals surface area contributed by atoms with E-state index in [9.17, 15) is 4.79 Å². The Morgan fingerprint density at radius 1 is 1.00 bits per heavy atom. The first-order chi connectivity index (χ1) is 17.3. The predicted octanol–water partition coefficient (Wildman–Crippen LogP) is 5.83. The van der Waals surface area contributed by atoms with Crippen molar-refractivity contribution in [2.45, 2.75) is 50.2 Å². The maximum Gasteiger partial charge on any atom is 0.232 e. The molecule has 1 aliphatic rings. The summed E-state index contributed by atoms with van der Waals surface area (Å²) >= 11 is 6.16. The lowest BCUT2D eigenvalue weighted by molar-refractivity contribution is -0.122. The summed E-state index contributed by atoms with van der Waals surface area (Å²) in [5.41, 5.74) is 6.98. The Kier molecular flexibility index (Phi) is 7.91. The normalized spacial score (nSPS) is 16.6. The molecule has 0 unspecified atom stereocenters. The standard InChI is InChI=1S/C30H35ClN2O3/c1-29(2,33-19-16-25(21-33)36-24-14-15-26(31)27(20-24)35-3)17-18-30(28(32)34,22-10-6-4-7-11-22)23-12-8-5-9-13-23/h4-15,20,25H,16-19,21H2,1-3H3,(H2,32,34)/t25-/m1/s1. The van der Waals surface area contributed by atoms with Gasteiger partial charge in [-0.25, -0.2) is 0 Å². The van der Waals surface area contributed by atoms with Crippen molar-refractivity contribution < 1.29 is 14.3 Å². The summed E-state index contributed by atoms with van der Waals surface area (Å²) in [6.45, 7) is 6.20. The second-order valence-corrected chi connectivity index (χ2v) is 10.5. The van der Waals surface area contributed by atoms with Crippen LogP contribution in [0.2, 0.25) is 5.02 Å². The number of carbonyl (C=O) groups excluding carboxylic acids is 1. The summed E-state index contributed by atoms with van der Waals surface area (Å²) in [5, 5.41) is 0.564. The third kappa shape index (κ3) is 5.37. The van der Waals surface area contributed by atoms with Crippen LogP contribution in [0.4, 0.5) is 0 Å². The van der Waals surface area contributed by atoms with Gasteiger partial charge >= 0.3 is 0 Å². The number of rotatable bonds is 10. The smallest absolute Gasteiger partial charge is 0.232 e. The number of hydrogen-bond donors (Lipinski definition) is 1. The van der Waals surface area contributed by atoms with Crippen molar-refractivity contribution in [3.63, 3.8) is 0 Å². The Labute approximate surface area is 219 Å². The molecule has 3 aromatic rings. The van der Waals surface area contributed by atoms with Gasteiger partial charge in [-0.05, 0) is 56.4 Å². The average Bonchev–Trinajstić information content (AvgIpc) is 3.36. The minimum absolute atomic E-state index is 0.0688. The molecule has 0 spiro atoms. The zero-order valence-electron chi connectivity index (χ0n) is 21.2. The van der Waals surface area contributed by atoms with Gasteiger partial charge in [-0.15, -0.1) is 0 Å². The second kappa shape index (κ2) is 10.9. The molecule has 4 rings (SSSR count). The van der Waals surface area contributed by atoms with Crippen LogP contribution in [-0.4, -0.2) is 42.6 Å². The monoisotopic (exact) mass is 506 g/mol. The van der Waals surface area contributed by atoms with Crippen LogP contribution < -0.4 is 15.2 Å². The van der Waals surface area contributed by atoms with E-state index < -0.39 is 5.41 Å². The van der Waals surface area contributed by atoms with Crippen LogP contribution in [0, 0.1) is 0 Å². The lowest BCUT2D eigenvalue weighted by Gasteiger charge is -2.40. The topological polar surface area (TPSA) is 64.8 Å². The molecule has 1 atom stereocenters. The molecule has 36 heavy (non-hydrogen) atoms. The van der Waals surface area contributed by atoms with Crippen molar-refractivity contribution >= 4 is 17.5 Å². The number of ether oxygens (including phenoxy) is 2. The van der Waals surface area contributed by atoms with Gasteiger partial charge in [0.25, 0.3) is 0 Å². The van der Waals surface area contributed by atoms with Crippen LogP contribution in [0.3, 0.4) is 0 Å². The highest BCUT2D eigenvalue weighted by atomic mass is 35.5. The van der Waals surface area contributed by atoms with E-state index in [1.165, 1.54) is 0 Å². The molecule has 1 heterocycles. The first kappa shape index (κ1) is 26.1. The molecule has 6 heteroatoms. The van der Waals surface area contributed by atoms with E-state index in [0.717, 1.165) is 42.8 Å². The number of likely N-dealkylation sites (tertiary alicyclic amines) is 1. The summed E-state index contributed by atoms with van der Waals surface area (Å²) in [6.07, 6.45) is 2.40. The molecule has 1 amide bonds. The average molecular weight is 507 g/mol. The van der Waals surface area contributed by atoms with E-state index in [1.54, 1.807) is 13.2 Å². The minimum atomic E-state index is -0.894. The molecule has 5 nitrogen and oxygen atoms in total. The molecule has 1 saturated heterocycles. The maximum atomic E-state index is 13.2. The number of methoxy groups -OCH3 is 1. The lowest BCUT2D eigenvalue weighted by Crippen LogP contribution is -2.47. The van der Waals surface area contributed by atoms with Crippen LogP contribution in [0.25, 0.3) is 0 Å². The van der Waals surface area contributed by atoms with Crippen LogP contribution in [0.1, 0.15) is 44.2 Å². The van der Waals surface area contributed by atoms with Gasteiger partial charge in [0.2, 0.25) is 5.91 Å². The van der Waals surface area contributed by atoms with Gasteiger partial charge in [0.05, 0.1) is 17.5 Å². The van der Waals surface area contributed by atoms with Gasteiger partial charge in [-0.1, -0.05) is 72.3 Å². The third-order valence-electron chi connectivity index (χ3n) is 7.49. The second-order valence-electron chi connectivity index (χ2n) is 10.1. The van der Waals surface area contributed by atoms with E-state index in [2.05, 4.69) is 18.7 Å². The molecule has 3 aromatic carbocycles. The molecule has 1 aliphatic heterocycles. The van der Waals surface area contributed by atoms with Crippen LogP contribution in [0.5, 0.6) is 11.5 Å². The van der Waals surface area contributed by atoms with Crippen LogP contribution in [0.15, 0.2) is 78.9 Å². The van der Waals surface area contributed by atoms with Crippen molar-refractivity contribution in [2.75, 3.05) is 20.2 Å². The summed E-state index contributed by atoms with van der Waals surface area (Å²) in [5.74, 6) is 1.03. The van der Waals surface area contributed by atoms with E-state index in [4.69, 9.17) is 26.8 Å². The number of nitrogens with two attached hydrogens (primary N) is 1. The third-order valence-corrected chi connectivity index (χ3v) is 7.80. The van der Waals surface area contributed by atoms with Crippen molar-refractivity contribution in [1.29, 1.82) is 0 Å². The molecule has 190 valence electrons. The van der Waals surface area contributed by atoms with Crippen LogP contribution in [-0.2, 0) is 10.2 Å². The Hall–Kier alpha value is -3.02. The van der Waals surface area contributed by atoms with Gasteiger partial charge in [0.15, 0.2) is 0 Å². The highest BCUT2D eigenvalue weighted by Gasteiger charge is 2.43. The van der Waals surface area contributed by atoms with E-state index in [1.807, 2.05) is 72.8 Å².